The highest BCUT2D eigenvalue weighted by atomic mass is 16.5. The molecule has 0 aliphatic carbocycles. The second-order valence-electron chi connectivity index (χ2n) is 8.41. The van der Waals surface area contributed by atoms with Gasteiger partial charge in [-0.1, -0.05) is 36.4 Å². The summed E-state index contributed by atoms with van der Waals surface area (Å²) in [5, 5.41) is 3.19. The van der Waals surface area contributed by atoms with Gasteiger partial charge >= 0.3 is 0 Å². The maximum absolute atomic E-state index is 12.4. The number of amides is 1. The Morgan fingerprint density at radius 3 is 2.42 bits per heavy atom. The molecule has 1 fully saturated rings. The van der Waals surface area contributed by atoms with Gasteiger partial charge in [-0.2, -0.15) is 0 Å². The van der Waals surface area contributed by atoms with E-state index in [0.717, 1.165) is 62.7 Å². The molecule has 1 aliphatic heterocycles. The number of likely N-dealkylation sites (tertiary alicyclic amines) is 1. The van der Waals surface area contributed by atoms with Crippen LogP contribution in [0.1, 0.15) is 28.8 Å². The molecule has 0 spiro atoms. The maximum atomic E-state index is 12.4. The number of carbonyl (C=O) groups is 1. The minimum atomic E-state index is 0.0230. The summed E-state index contributed by atoms with van der Waals surface area (Å²) < 4.78 is 5.28. The smallest absolute Gasteiger partial charge is 0.251 e. The van der Waals surface area contributed by atoms with Crippen molar-refractivity contribution in [1.29, 1.82) is 0 Å². The minimum Gasteiger partial charge on any atom is -0.497 e. The molecule has 33 heavy (non-hydrogen) atoms. The van der Waals surface area contributed by atoms with E-state index in [0.29, 0.717) is 0 Å². The highest BCUT2D eigenvalue weighted by molar-refractivity contribution is 5.94. The van der Waals surface area contributed by atoms with Crippen LogP contribution in [0.2, 0.25) is 0 Å². The molecular weight excluding hydrogens is 412 g/mol. The molecule has 1 N–H and O–H groups in total. The van der Waals surface area contributed by atoms with Crippen LogP contribution in [-0.2, 0) is 6.54 Å². The van der Waals surface area contributed by atoms with Crippen LogP contribution in [0.3, 0.4) is 0 Å². The molecule has 6 heteroatoms. The molecular formula is C27H32N4O2. The molecule has 4 rings (SSSR count). The molecule has 1 saturated heterocycles. The average Bonchev–Trinajstić information content (AvgIpc) is 2.89. The Morgan fingerprint density at radius 2 is 1.76 bits per heavy atom. The summed E-state index contributed by atoms with van der Waals surface area (Å²) in [6, 6.07) is 23.9. The summed E-state index contributed by atoms with van der Waals surface area (Å²) >= 11 is 0. The van der Waals surface area contributed by atoms with Gasteiger partial charge in [-0.3, -0.25) is 4.79 Å². The molecule has 0 saturated carbocycles. The zero-order chi connectivity index (χ0) is 22.9. The van der Waals surface area contributed by atoms with Crippen LogP contribution in [0.4, 0.5) is 5.82 Å². The number of hydrogen-bond acceptors (Lipinski definition) is 5. The molecule has 0 bridgehead atoms. The lowest BCUT2D eigenvalue weighted by Crippen LogP contribution is -2.46. The number of pyridine rings is 1. The third-order valence-corrected chi connectivity index (χ3v) is 6.15. The lowest BCUT2D eigenvalue weighted by molar-refractivity contribution is 0.0912. The van der Waals surface area contributed by atoms with Crippen molar-refractivity contribution < 1.29 is 9.53 Å². The van der Waals surface area contributed by atoms with Crippen LogP contribution in [0.25, 0.3) is 0 Å². The first kappa shape index (κ1) is 22.8. The van der Waals surface area contributed by atoms with Crippen molar-refractivity contribution in [2.24, 2.45) is 0 Å². The summed E-state index contributed by atoms with van der Waals surface area (Å²) in [6.45, 7) is 4.62. The van der Waals surface area contributed by atoms with Gasteiger partial charge in [0.1, 0.15) is 11.6 Å². The summed E-state index contributed by atoms with van der Waals surface area (Å²) in [6.07, 6.45) is 3.79. The van der Waals surface area contributed by atoms with E-state index in [1.165, 1.54) is 5.56 Å². The van der Waals surface area contributed by atoms with Gasteiger partial charge < -0.3 is 19.9 Å². The van der Waals surface area contributed by atoms with Crippen molar-refractivity contribution >= 4 is 11.7 Å². The molecule has 2 aromatic carbocycles. The number of carbonyl (C=O) groups excluding carboxylic acids is 1. The van der Waals surface area contributed by atoms with E-state index >= 15 is 0 Å². The summed E-state index contributed by atoms with van der Waals surface area (Å²) in [5.41, 5.74) is 1.95. The van der Waals surface area contributed by atoms with Crippen LogP contribution in [0.15, 0.2) is 79.0 Å². The van der Waals surface area contributed by atoms with E-state index in [1.54, 1.807) is 7.11 Å². The number of methoxy groups -OCH3 is 1. The second kappa shape index (κ2) is 11.5. The summed E-state index contributed by atoms with van der Waals surface area (Å²) in [7, 11) is 1.69. The van der Waals surface area contributed by atoms with Gasteiger partial charge in [-0.05, 0) is 54.8 Å². The third-order valence-electron chi connectivity index (χ3n) is 6.15. The predicted octanol–water partition coefficient (Wildman–Crippen LogP) is 3.99. The normalized spacial score (nSPS) is 14.6. The third kappa shape index (κ3) is 6.56. The zero-order valence-electron chi connectivity index (χ0n) is 19.2. The van der Waals surface area contributed by atoms with Crippen molar-refractivity contribution in [3.05, 3.63) is 90.1 Å². The van der Waals surface area contributed by atoms with Crippen molar-refractivity contribution in [2.75, 3.05) is 38.2 Å². The van der Waals surface area contributed by atoms with Gasteiger partial charge in [0.15, 0.2) is 0 Å². The van der Waals surface area contributed by atoms with Crippen molar-refractivity contribution in [3.8, 4) is 5.75 Å². The summed E-state index contributed by atoms with van der Waals surface area (Å²) in [5.74, 6) is 1.87. The number of piperidine rings is 1. The van der Waals surface area contributed by atoms with Gasteiger partial charge in [0.2, 0.25) is 0 Å². The van der Waals surface area contributed by atoms with Crippen LogP contribution in [0, 0.1) is 0 Å². The molecule has 1 aromatic heterocycles. The molecule has 1 amide bonds. The van der Waals surface area contributed by atoms with E-state index in [-0.39, 0.29) is 11.9 Å². The number of nitrogens with one attached hydrogen (secondary N) is 1. The fourth-order valence-electron chi connectivity index (χ4n) is 4.19. The first-order valence-corrected chi connectivity index (χ1v) is 11.6. The van der Waals surface area contributed by atoms with E-state index in [4.69, 9.17) is 4.74 Å². The number of aromatic nitrogens is 1. The van der Waals surface area contributed by atoms with Crippen molar-refractivity contribution in [2.45, 2.75) is 25.4 Å². The van der Waals surface area contributed by atoms with Crippen LogP contribution >= 0.6 is 0 Å². The number of benzene rings is 2. The lowest BCUT2D eigenvalue weighted by Gasteiger charge is -2.34. The molecule has 6 nitrogen and oxygen atoms in total. The molecule has 172 valence electrons. The van der Waals surface area contributed by atoms with Crippen molar-refractivity contribution in [3.63, 3.8) is 0 Å². The zero-order valence-corrected chi connectivity index (χ0v) is 19.2. The second-order valence-corrected chi connectivity index (χ2v) is 8.41. The Balaban J connectivity index is 1.29. The predicted molar refractivity (Wildman–Crippen MR) is 132 cm³/mol. The Kier molecular flexibility index (Phi) is 7.93. The Labute approximate surface area is 196 Å². The maximum Gasteiger partial charge on any atom is 0.251 e. The van der Waals surface area contributed by atoms with Crippen molar-refractivity contribution in [1.82, 2.24) is 15.2 Å². The van der Waals surface area contributed by atoms with Gasteiger partial charge in [-0.15, -0.1) is 0 Å². The van der Waals surface area contributed by atoms with E-state index in [1.807, 2.05) is 60.8 Å². The summed E-state index contributed by atoms with van der Waals surface area (Å²) in [4.78, 5) is 21.8. The fourth-order valence-corrected chi connectivity index (χ4v) is 4.19. The minimum absolute atomic E-state index is 0.0230. The van der Waals surface area contributed by atoms with Gasteiger partial charge in [0.05, 0.1) is 7.11 Å². The number of anilines is 1. The standard InChI is InChI=1S/C27H32N4O2/c1-33-25-12-10-22(11-13-25)21-31(26-9-5-6-16-28-26)20-19-30-17-14-24(15-18-30)29-27(32)23-7-3-2-4-8-23/h2-13,16,24H,14-15,17-21H2,1H3,(H,29,32). The Hall–Kier alpha value is -3.38. The molecule has 1 aliphatic rings. The Bertz CT molecular complexity index is 988. The average molecular weight is 445 g/mol. The quantitative estimate of drug-likeness (QED) is 0.541. The number of nitrogens with zero attached hydrogens (tertiary/aromatic N) is 3. The molecule has 2 heterocycles. The van der Waals surface area contributed by atoms with Crippen LogP contribution < -0.4 is 15.0 Å². The number of hydrogen-bond donors (Lipinski definition) is 1. The highest BCUT2D eigenvalue weighted by Crippen LogP contribution is 2.18. The number of ether oxygens (including phenoxy) is 1. The van der Waals surface area contributed by atoms with Gasteiger partial charge in [-0.25, -0.2) is 4.98 Å². The SMILES string of the molecule is COc1ccc(CN(CCN2CCC(NC(=O)c3ccccc3)CC2)c2ccccn2)cc1. The molecule has 0 unspecified atom stereocenters. The number of rotatable bonds is 9. The van der Waals surface area contributed by atoms with E-state index < -0.39 is 0 Å². The van der Waals surface area contributed by atoms with E-state index in [9.17, 15) is 4.79 Å². The Morgan fingerprint density at radius 1 is 1.03 bits per heavy atom. The van der Waals surface area contributed by atoms with E-state index in [2.05, 4.69) is 38.3 Å². The fraction of sp³-hybridized carbons (Fsp3) is 0.333. The van der Waals surface area contributed by atoms with Crippen LogP contribution in [-0.4, -0.2) is 55.1 Å². The lowest BCUT2D eigenvalue weighted by atomic mass is 10.0. The monoisotopic (exact) mass is 444 g/mol. The topological polar surface area (TPSA) is 57.7 Å². The van der Waals surface area contributed by atoms with Gasteiger partial charge in [0.25, 0.3) is 5.91 Å². The molecule has 0 atom stereocenters. The highest BCUT2D eigenvalue weighted by Gasteiger charge is 2.21. The molecule has 3 aromatic rings. The van der Waals surface area contributed by atoms with Gasteiger partial charge in [0, 0.05) is 50.5 Å². The molecule has 0 radical (unpaired) electrons. The first-order chi connectivity index (χ1) is 16.2. The first-order valence-electron chi connectivity index (χ1n) is 11.6. The van der Waals surface area contributed by atoms with Crippen LogP contribution in [0.5, 0.6) is 5.75 Å². The largest absolute Gasteiger partial charge is 0.497 e.